The zero-order valence-corrected chi connectivity index (χ0v) is 15.0. The fraction of sp³-hybridized carbons (Fsp3) is 0. The van der Waals surface area contributed by atoms with Crippen molar-refractivity contribution in [1.29, 1.82) is 0 Å². The highest BCUT2D eigenvalue weighted by molar-refractivity contribution is 7.21. The molecular weight excluding hydrogens is 392 g/mol. The third-order valence-corrected chi connectivity index (χ3v) is 5.48. The van der Waals surface area contributed by atoms with E-state index in [0.717, 1.165) is 11.3 Å². The summed E-state index contributed by atoms with van der Waals surface area (Å²) in [4.78, 5) is 27.2. The zero-order valence-electron chi connectivity index (χ0n) is 13.4. The number of fused-ring (bicyclic) bond motifs is 1. The van der Waals surface area contributed by atoms with Crippen LogP contribution >= 0.6 is 22.9 Å². The Morgan fingerprint density at radius 2 is 1.96 bits per heavy atom. The first-order valence-corrected chi connectivity index (χ1v) is 8.80. The van der Waals surface area contributed by atoms with Gasteiger partial charge in [0.2, 0.25) is 5.90 Å². The quantitative estimate of drug-likeness (QED) is 0.301. The molecule has 1 aromatic heterocycles. The van der Waals surface area contributed by atoms with Gasteiger partial charge >= 0.3 is 5.97 Å². The van der Waals surface area contributed by atoms with Gasteiger partial charge in [0.1, 0.15) is 10.6 Å². The van der Waals surface area contributed by atoms with Crippen molar-refractivity contribution >= 4 is 56.7 Å². The molecule has 0 radical (unpaired) electrons. The van der Waals surface area contributed by atoms with Crippen LogP contribution < -0.4 is 0 Å². The summed E-state index contributed by atoms with van der Waals surface area (Å²) in [5, 5.41) is 21.2. The fourth-order valence-corrected chi connectivity index (χ4v) is 4.01. The van der Waals surface area contributed by atoms with Crippen LogP contribution in [0.3, 0.4) is 0 Å². The molecule has 1 aliphatic heterocycles. The fourth-order valence-electron chi connectivity index (χ4n) is 2.54. The number of nitro benzene ring substituents is 1. The molecule has 1 N–H and O–H groups in total. The van der Waals surface area contributed by atoms with Gasteiger partial charge in [0.15, 0.2) is 5.70 Å². The molecule has 134 valence electrons. The number of phenolic OH excluding ortho intramolecular Hbond substituents is 1. The number of halogens is 1. The van der Waals surface area contributed by atoms with Gasteiger partial charge < -0.3 is 9.84 Å². The molecule has 0 amide bonds. The second-order valence-electron chi connectivity index (χ2n) is 5.61. The van der Waals surface area contributed by atoms with Crippen molar-refractivity contribution < 1.29 is 19.6 Å². The third-order valence-electron chi connectivity index (χ3n) is 3.84. The van der Waals surface area contributed by atoms with Crippen LogP contribution in [0.4, 0.5) is 5.69 Å². The smallest absolute Gasteiger partial charge is 0.363 e. The predicted octanol–water partition coefficient (Wildman–Crippen LogP) is 4.51. The van der Waals surface area contributed by atoms with E-state index in [1.165, 1.54) is 30.3 Å². The summed E-state index contributed by atoms with van der Waals surface area (Å²) in [5.74, 6) is -0.460. The molecule has 3 aromatic rings. The molecule has 9 heteroatoms. The topological polar surface area (TPSA) is 102 Å². The molecule has 2 heterocycles. The largest absolute Gasteiger partial charge is 0.508 e. The van der Waals surface area contributed by atoms with Crippen molar-refractivity contribution in [2.45, 2.75) is 0 Å². The molecule has 0 saturated heterocycles. The average molecular weight is 401 g/mol. The van der Waals surface area contributed by atoms with E-state index in [1.807, 2.05) is 0 Å². The van der Waals surface area contributed by atoms with Crippen LogP contribution in [0.5, 0.6) is 5.75 Å². The van der Waals surface area contributed by atoms with Crippen molar-refractivity contribution in [2.24, 2.45) is 4.99 Å². The summed E-state index contributed by atoms with van der Waals surface area (Å²) < 4.78 is 5.83. The lowest BCUT2D eigenvalue weighted by Crippen LogP contribution is -2.04. The molecular formula is C18H9ClN2O5S. The van der Waals surface area contributed by atoms with Gasteiger partial charge in [-0.15, -0.1) is 11.3 Å². The predicted molar refractivity (Wildman–Crippen MR) is 102 cm³/mol. The van der Waals surface area contributed by atoms with E-state index in [0.29, 0.717) is 25.5 Å². The summed E-state index contributed by atoms with van der Waals surface area (Å²) >= 11 is 7.52. The van der Waals surface area contributed by atoms with E-state index in [4.69, 9.17) is 16.3 Å². The number of rotatable bonds is 3. The standard InChI is InChI=1S/C18H9ClN2O5S/c19-15-12-6-3-10(21(24)25)8-14(12)27-16(15)17-20-13(18(23)26-17)7-9-1-4-11(22)5-2-9/h1-8,22H/b13-7+. The first-order chi connectivity index (χ1) is 12.9. The number of hydrogen-bond acceptors (Lipinski definition) is 7. The average Bonchev–Trinajstić information content (AvgIpc) is 3.17. The Balaban J connectivity index is 1.75. The highest BCUT2D eigenvalue weighted by atomic mass is 35.5. The number of nitrogens with zero attached hydrogens (tertiary/aromatic N) is 2. The van der Waals surface area contributed by atoms with Crippen molar-refractivity contribution in [3.8, 4) is 5.75 Å². The number of nitro groups is 1. The van der Waals surface area contributed by atoms with E-state index >= 15 is 0 Å². The number of carbonyl (C=O) groups is 1. The van der Waals surface area contributed by atoms with Crippen LogP contribution in [0.15, 0.2) is 53.2 Å². The number of esters is 1. The molecule has 0 saturated carbocycles. The van der Waals surface area contributed by atoms with Crippen LogP contribution in [0, 0.1) is 10.1 Å². The zero-order chi connectivity index (χ0) is 19.1. The minimum Gasteiger partial charge on any atom is -0.508 e. The Morgan fingerprint density at radius 1 is 1.22 bits per heavy atom. The first kappa shape index (κ1) is 17.2. The second-order valence-corrected chi connectivity index (χ2v) is 7.04. The number of cyclic esters (lactones) is 1. The minimum absolute atomic E-state index is 0.0507. The van der Waals surface area contributed by atoms with Gasteiger partial charge in [-0.3, -0.25) is 10.1 Å². The highest BCUT2D eigenvalue weighted by Crippen LogP contribution is 2.39. The lowest BCUT2D eigenvalue weighted by atomic mass is 10.2. The van der Waals surface area contributed by atoms with E-state index in [2.05, 4.69) is 4.99 Å². The van der Waals surface area contributed by atoms with Gasteiger partial charge in [-0.2, -0.15) is 0 Å². The van der Waals surface area contributed by atoms with Crippen molar-refractivity contribution in [3.05, 3.63) is 73.7 Å². The molecule has 0 bridgehead atoms. The number of hydrogen-bond donors (Lipinski definition) is 1. The molecule has 4 rings (SSSR count). The van der Waals surface area contributed by atoms with Gasteiger partial charge in [0.05, 0.1) is 9.95 Å². The van der Waals surface area contributed by atoms with Gasteiger partial charge in [-0.05, 0) is 29.8 Å². The van der Waals surface area contributed by atoms with Crippen LogP contribution in [0.1, 0.15) is 10.4 Å². The third kappa shape index (κ3) is 3.16. The van der Waals surface area contributed by atoms with Crippen molar-refractivity contribution in [2.75, 3.05) is 0 Å². The Hall–Kier alpha value is -3.23. The van der Waals surface area contributed by atoms with Crippen LogP contribution in [0.2, 0.25) is 5.02 Å². The van der Waals surface area contributed by atoms with Gasteiger partial charge in [0, 0.05) is 22.2 Å². The summed E-state index contributed by atoms with van der Waals surface area (Å²) in [6.07, 6.45) is 1.53. The van der Waals surface area contributed by atoms with E-state index in [-0.39, 0.29) is 23.0 Å². The number of non-ortho nitro benzene ring substituents is 1. The van der Waals surface area contributed by atoms with Crippen LogP contribution in [-0.2, 0) is 9.53 Å². The maximum Gasteiger partial charge on any atom is 0.363 e. The van der Waals surface area contributed by atoms with Crippen molar-refractivity contribution in [3.63, 3.8) is 0 Å². The maximum absolute atomic E-state index is 12.1. The Labute approximate surface area is 160 Å². The van der Waals surface area contributed by atoms with Gasteiger partial charge in [0.25, 0.3) is 5.69 Å². The lowest BCUT2D eigenvalue weighted by Gasteiger charge is -1.95. The molecule has 0 unspecified atom stereocenters. The Bertz CT molecular complexity index is 1160. The minimum atomic E-state index is -0.627. The molecule has 0 aliphatic carbocycles. The van der Waals surface area contributed by atoms with Gasteiger partial charge in [-0.1, -0.05) is 23.7 Å². The molecule has 0 spiro atoms. The Kier molecular flexibility index (Phi) is 4.14. The summed E-state index contributed by atoms with van der Waals surface area (Å²) in [5.41, 5.74) is 0.711. The molecule has 0 atom stereocenters. The number of phenols is 1. The van der Waals surface area contributed by atoms with E-state index < -0.39 is 10.9 Å². The summed E-state index contributed by atoms with van der Waals surface area (Å²) in [7, 11) is 0. The summed E-state index contributed by atoms with van der Waals surface area (Å²) in [6.45, 7) is 0. The number of aliphatic imine (C=N–C) groups is 1. The second kappa shape index (κ2) is 6.49. The lowest BCUT2D eigenvalue weighted by molar-refractivity contribution is -0.384. The maximum atomic E-state index is 12.1. The van der Waals surface area contributed by atoms with Crippen LogP contribution in [0.25, 0.3) is 16.2 Å². The highest BCUT2D eigenvalue weighted by Gasteiger charge is 2.28. The number of ether oxygens (including phenoxy) is 1. The normalized spacial score (nSPS) is 15.2. The molecule has 27 heavy (non-hydrogen) atoms. The van der Waals surface area contributed by atoms with E-state index in [9.17, 15) is 20.0 Å². The first-order valence-electron chi connectivity index (χ1n) is 7.61. The SMILES string of the molecule is O=C1OC(c2sc3cc([N+](=O)[O-])ccc3c2Cl)=N/C1=C/c1ccc(O)cc1. The van der Waals surface area contributed by atoms with E-state index in [1.54, 1.807) is 18.2 Å². The monoisotopic (exact) mass is 400 g/mol. The molecule has 2 aromatic carbocycles. The summed E-state index contributed by atoms with van der Waals surface area (Å²) in [6, 6.07) is 10.6. The number of aromatic hydroxyl groups is 1. The van der Waals surface area contributed by atoms with Crippen molar-refractivity contribution in [1.82, 2.24) is 0 Å². The molecule has 7 nitrogen and oxygen atoms in total. The molecule has 1 aliphatic rings. The number of thiophene rings is 1. The number of carbonyl (C=O) groups excluding carboxylic acids is 1. The Morgan fingerprint density at radius 3 is 2.67 bits per heavy atom. The molecule has 0 fully saturated rings. The van der Waals surface area contributed by atoms with Gasteiger partial charge in [-0.25, -0.2) is 9.79 Å². The van der Waals surface area contributed by atoms with Crippen LogP contribution in [-0.4, -0.2) is 21.9 Å². The number of benzene rings is 2.